The van der Waals surface area contributed by atoms with Gasteiger partial charge in [-0.15, -0.1) is 0 Å². The third-order valence-electron chi connectivity index (χ3n) is 6.46. The van der Waals surface area contributed by atoms with Crippen molar-refractivity contribution >= 4 is 46.7 Å². The van der Waals surface area contributed by atoms with Crippen LogP contribution in [0.15, 0.2) is 60.7 Å². The molecule has 0 aromatic heterocycles. The number of aromatic carboxylic acids is 1. The fraction of sp³-hybridized carbons (Fsp3) is 0.0370. The summed E-state index contributed by atoms with van der Waals surface area (Å²) in [7, 11) is 0. The Bertz CT molecular complexity index is 1680. The lowest BCUT2D eigenvalue weighted by atomic mass is 9.76. The van der Waals surface area contributed by atoms with E-state index < -0.39 is 17.5 Å². The quantitative estimate of drug-likeness (QED) is 0.228. The first-order chi connectivity index (χ1) is 17.6. The third kappa shape index (κ3) is 3.21. The van der Waals surface area contributed by atoms with Crippen LogP contribution in [-0.4, -0.2) is 27.3 Å². The number of benzene rings is 4. The standard InChI is InChI=1S/C27H13Cl3O7/c28-16-8-15-21(10-19(16)32)36-20-9-18(31)12(11-4-2-1-3-5-11)6-14(20)27(15)23-22(26(35)37-27)17(29)7-13(24(23)30)25(33)34/h1-10,31-32H,(H,33,34). The van der Waals surface area contributed by atoms with Crippen molar-refractivity contribution in [2.75, 3.05) is 0 Å². The molecule has 7 nitrogen and oxygen atoms in total. The molecule has 4 aromatic carbocycles. The van der Waals surface area contributed by atoms with E-state index in [1.165, 1.54) is 18.2 Å². The summed E-state index contributed by atoms with van der Waals surface area (Å²) < 4.78 is 12.0. The third-order valence-corrected chi connectivity index (χ3v) is 7.45. The number of aromatic hydroxyl groups is 2. The minimum Gasteiger partial charge on any atom is -0.507 e. The molecule has 6 rings (SSSR count). The summed E-state index contributed by atoms with van der Waals surface area (Å²) in [4.78, 5) is 25.3. The van der Waals surface area contributed by atoms with Crippen LogP contribution in [-0.2, 0) is 10.3 Å². The number of esters is 1. The van der Waals surface area contributed by atoms with Gasteiger partial charge >= 0.3 is 11.9 Å². The first-order valence-electron chi connectivity index (χ1n) is 10.8. The van der Waals surface area contributed by atoms with Gasteiger partial charge in [0.2, 0.25) is 0 Å². The predicted molar refractivity (Wildman–Crippen MR) is 135 cm³/mol. The summed E-state index contributed by atoms with van der Waals surface area (Å²) >= 11 is 19.3. The van der Waals surface area contributed by atoms with Gasteiger partial charge in [-0.3, -0.25) is 0 Å². The van der Waals surface area contributed by atoms with Crippen molar-refractivity contribution in [3.05, 3.63) is 104 Å². The molecule has 3 N–H and O–H groups in total. The monoisotopic (exact) mass is 554 g/mol. The Kier molecular flexibility index (Phi) is 5.11. The Balaban J connectivity index is 1.78. The van der Waals surface area contributed by atoms with E-state index in [2.05, 4.69) is 0 Å². The van der Waals surface area contributed by atoms with E-state index in [1.807, 2.05) is 6.07 Å². The normalized spacial score (nSPS) is 17.0. The topological polar surface area (TPSA) is 113 Å². The maximum Gasteiger partial charge on any atom is 0.341 e. The molecule has 10 heteroatoms. The molecule has 0 bridgehead atoms. The molecule has 2 aliphatic rings. The van der Waals surface area contributed by atoms with Crippen LogP contribution in [0.5, 0.6) is 23.0 Å². The fourth-order valence-electron chi connectivity index (χ4n) is 4.88. The number of carboxylic acids is 1. The summed E-state index contributed by atoms with van der Waals surface area (Å²) in [6.45, 7) is 0. The van der Waals surface area contributed by atoms with E-state index in [0.29, 0.717) is 11.1 Å². The van der Waals surface area contributed by atoms with Gasteiger partial charge in [-0.1, -0.05) is 65.1 Å². The number of hydrogen-bond donors (Lipinski definition) is 3. The van der Waals surface area contributed by atoms with E-state index in [-0.39, 0.29) is 65.9 Å². The van der Waals surface area contributed by atoms with Gasteiger partial charge in [0.1, 0.15) is 23.0 Å². The molecular weight excluding hydrogens is 543 g/mol. The Hall–Kier alpha value is -3.91. The summed E-state index contributed by atoms with van der Waals surface area (Å²) in [6, 6.07) is 15.5. The summed E-state index contributed by atoms with van der Waals surface area (Å²) in [5, 5.41) is 30.4. The van der Waals surface area contributed by atoms with Crippen LogP contribution in [0.2, 0.25) is 15.1 Å². The number of carboxylic acid groups (broad SMARTS) is 1. The van der Waals surface area contributed by atoms with Gasteiger partial charge in [-0.2, -0.15) is 0 Å². The average Bonchev–Trinajstić information content (AvgIpc) is 3.17. The van der Waals surface area contributed by atoms with Crippen molar-refractivity contribution in [2.45, 2.75) is 5.60 Å². The molecule has 0 saturated heterocycles. The zero-order valence-corrected chi connectivity index (χ0v) is 20.6. The van der Waals surface area contributed by atoms with Crippen LogP contribution in [0.25, 0.3) is 11.1 Å². The van der Waals surface area contributed by atoms with E-state index in [4.69, 9.17) is 44.3 Å². The number of hydrogen-bond acceptors (Lipinski definition) is 6. The SMILES string of the molecule is O=C(O)c1cc(Cl)c2c(c1Cl)C1(OC2=O)c2cc(Cl)c(O)cc2Oc2cc(O)c(-c3ccccc3)cc21. The Morgan fingerprint density at radius 2 is 1.49 bits per heavy atom. The van der Waals surface area contributed by atoms with Gasteiger partial charge in [0, 0.05) is 34.4 Å². The number of phenols is 2. The molecule has 2 aliphatic heterocycles. The summed E-state index contributed by atoms with van der Waals surface area (Å²) in [6.07, 6.45) is 0. The van der Waals surface area contributed by atoms with Crippen molar-refractivity contribution in [1.29, 1.82) is 0 Å². The molecule has 0 saturated carbocycles. The molecule has 0 radical (unpaired) electrons. The van der Waals surface area contributed by atoms with Crippen LogP contribution < -0.4 is 4.74 Å². The first-order valence-corrected chi connectivity index (χ1v) is 11.9. The van der Waals surface area contributed by atoms with Crippen molar-refractivity contribution in [3.8, 4) is 34.1 Å². The number of carbonyl (C=O) groups excluding carboxylic acids is 1. The van der Waals surface area contributed by atoms with E-state index in [9.17, 15) is 24.9 Å². The molecule has 184 valence electrons. The zero-order valence-electron chi connectivity index (χ0n) is 18.4. The highest BCUT2D eigenvalue weighted by Crippen LogP contribution is 2.61. The average molecular weight is 556 g/mol. The van der Waals surface area contributed by atoms with Crippen LogP contribution in [0.3, 0.4) is 0 Å². The Morgan fingerprint density at radius 3 is 2.16 bits per heavy atom. The van der Waals surface area contributed by atoms with Gasteiger partial charge in [-0.05, 0) is 23.8 Å². The molecule has 0 aliphatic carbocycles. The van der Waals surface area contributed by atoms with Gasteiger partial charge < -0.3 is 24.8 Å². The first kappa shape index (κ1) is 23.5. The van der Waals surface area contributed by atoms with Crippen LogP contribution in [0.4, 0.5) is 0 Å². The maximum absolute atomic E-state index is 13.3. The lowest BCUT2D eigenvalue weighted by Gasteiger charge is -2.37. The molecule has 37 heavy (non-hydrogen) atoms. The number of halogens is 3. The molecule has 4 aromatic rings. The van der Waals surface area contributed by atoms with E-state index >= 15 is 0 Å². The Labute approximate surface area is 224 Å². The van der Waals surface area contributed by atoms with Crippen LogP contribution in [0, 0.1) is 0 Å². The molecule has 1 unspecified atom stereocenters. The highest BCUT2D eigenvalue weighted by molar-refractivity contribution is 6.39. The maximum atomic E-state index is 13.3. The van der Waals surface area contributed by atoms with E-state index in [1.54, 1.807) is 30.3 Å². The van der Waals surface area contributed by atoms with Gasteiger partial charge in [0.05, 0.1) is 26.2 Å². The number of fused-ring (bicyclic) bond motifs is 6. The van der Waals surface area contributed by atoms with Gasteiger partial charge in [0.25, 0.3) is 0 Å². The van der Waals surface area contributed by atoms with Crippen molar-refractivity contribution < 1.29 is 34.4 Å². The molecular formula is C27H13Cl3O7. The van der Waals surface area contributed by atoms with Crippen molar-refractivity contribution in [3.63, 3.8) is 0 Å². The fourth-order valence-corrected chi connectivity index (χ4v) is 5.68. The lowest BCUT2D eigenvalue weighted by molar-refractivity contribution is 0.0224. The Morgan fingerprint density at radius 1 is 0.838 bits per heavy atom. The zero-order chi connectivity index (χ0) is 26.2. The minimum atomic E-state index is -1.86. The summed E-state index contributed by atoms with van der Waals surface area (Å²) in [5.41, 5.74) is -0.876. The highest BCUT2D eigenvalue weighted by Gasteiger charge is 2.56. The smallest absolute Gasteiger partial charge is 0.341 e. The van der Waals surface area contributed by atoms with Gasteiger partial charge in [-0.25, -0.2) is 9.59 Å². The molecule has 1 spiro atoms. The number of phenolic OH excluding ortho intramolecular Hbond substituents is 2. The second-order valence-corrected chi connectivity index (χ2v) is 9.67. The minimum absolute atomic E-state index is 0.0127. The van der Waals surface area contributed by atoms with Crippen LogP contribution in [0.1, 0.15) is 37.4 Å². The predicted octanol–water partition coefficient (Wildman–Crippen LogP) is 6.99. The second kappa shape index (κ2) is 8.05. The number of carbonyl (C=O) groups is 2. The van der Waals surface area contributed by atoms with Crippen molar-refractivity contribution in [2.24, 2.45) is 0 Å². The molecule has 0 amide bonds. The highest BCUT2D eigenvalue weighted by atomic mass is 35.5. The van der Waals surface area contributed by atoms with E-state index in [0.717, 1.165) is 6.07 Å². The number of rotatable bonds is 2. The molecule has 0 fully saturated rings. The summed E-state index contributed by atoms with van der Waals surface area (Å²) in [5.74, 6) is -2.52. The lowest BCUT2D eigenvalue weighted by Crippen LogP contribution is -2.33. The molecule has 1 atom stereocenters. The molecule has 2 heterocycles. The number of ether oxygens (including phenoxy) is 2. The van der Waals surface area contributed by atoms with Crippen molar-refractivity contribution in [1.82, 2.24) is 0 Å². The van der Waals surface area contributed by atoms with Gasteiger partial charge in [0.15, 0.2) is 5.60 Å². The van der Waals surface area contributed by atoms with Crippen LogP contribution >= 0.6 is 34.8 Å². The largest absolute Gasteiger partial charge is 0.507 e. The second-order valence-electron chi connectivity index (χ2n) is 8.48.